The molecule has 0 spiro atoms. The molecule has 0 saturated carbocycles. The second-order valence-electron chi connectivity index (χ2n) is 6.18. The molecule has 0 fully saturated rings. The minimum atomic E-state index is -0.787. The van der Waals surface area contributed by atoms with Crippen LogP contribution in [-0.4, -0.2) is 33.6 Å². The Morgan fingerprint density at radius 1 is 1.00 bits per heavy atom. The van der Waals surface area contributed by atoms with E-state index in [0.717, 1.165) is 22.2 Å². The molecule has 3 rings (SSSR count). The first-order chi connectivity index (χ1) is 12.7. The Bertz CT molecular complexity index is 987. The van der Waals surface area contributed by atoms with E-state index < -0.39 is 6.10 Å². The summed E-state index contributed by atoms with van der Waals surface area (Å²) in [5.41, 5.74) is 15.3. The smallest absolute Gasteiger partial charge is 0.157 e. The van der Waals surface area contributed by atoms with Crippen LogP contribution in [0.5, 0.6) is 0 Å². The third-order valence-corrected chi connectivity index (χ3v) is 4.03. The number of aromatic nitrogens is 1. The molecule has 140 valence electrons. The molecule has 0 radical (unpaired) electrons. The van der Waals surface area contributed by atoms with Crippen LogP contribution in [0.1, 0.15) is 25.0 Å². The minimum absolute atomic E-state index is 0.0545. The summed E-state index contributed by atoms with van der Waals surface area (Å²) < 4.78 is 0. The van der Waals surface area contributed by atoms with Crippen molar-refractivity contribution in [2.24, 2.45) is 11.5 Å². The SMILES string of the molecule is CC(=O)C(C)O.N=C(N)c1ccc(-c2cc3ccc(C(=N)N)cc3[nH]2)cc1. The number of carbonyl (C=O) groups is 1. The fourth-order valence-electron chi connectivity index (χ4n) is 2.28. The van der Waals surface area contributed by atoms with Gasteiger partial charge in [-0.05, 0) is 31.5 Å². The highest BCUT2D eigenvalue weighted by atomic mass is 16.3. The molecule has 3 aromatic rings. The number of ketones is 1. The first kappa shape index (κ1) is 19.9. The maximum absolute atomic E-state index is 9.89. The normalized spacial score (nSPS) is 11.4. The van der Waals surface area contributed by atoms with E-state index in [0.29, 0.717) is 11.1 Å². The number of carbonyl (C=O) groups excluding carboxylic acids is 1. The van der Waals surface area contributed by atoms with Crippen LogP contribution in [0.25, 0.3) is 22.2 Å². The van der Waals surface area contributed by atoms with Gasteiger partial charge in [0.2, 0.25) is 0 Å². The Hall–Kier alpha value is -3.45. The van der Waals surface area contributed by atoms with Crippen LogP contribution >= 0.6 is 0 Å². The number of amidine groups is 2. The zero-order chi connectivity index (χ0) is 20.1. The number of fused-ring (bicyclic) bond motifs is 1. The lowest BCUT2D eigenvalue weighted by Crippen LogP contribution is -2.10. The third kappa shape index (κ3) is 5.02. The Morgan fingerprint density at radius 2 is 1.52 bits per heavy atom. The third-order valence-electron chi connectivity index (χ3n) is 4.03. The topological polar surface area (TPSA) is 153 Å². The molecule has 1 unspecified atom stereocenters. The summed E-state index contributed by atoms with van der Waals surface area (Å²) in [4.78, 5) is 13.2. The number of rotatable bonds is 4. The molecule has 0 amide bonds. The van der Waals surface area contributed by atoms with Crippen LogP contribution in [0.15, 0.2) is 48.5 Å². The van der Waals surface area contributed by atoms with Gasteiger partial charge in [-0.25, -0.2) is 0 Å². The van der Waals surface area contributed by atoms with Crippen molar-refractivity contribution in [1.82, 2.24) is 4.98 Å². The number of nitrogen functional groups attached to an aromatic ring is 2. The largest absolute Gasteiger partial charge is 0.386 e. The molecule has 27 heavy (non-hydrogen) atoms. The van der Waals surface area contributed by atoms with Gasteiger partial charge >= 0.3 is 0 Å². The molecule has 8 N–H and O–H groups in total. The van der Waals surface area contributed by atoms with Crippen LogP contribution in [0.2, 0.25) is 0 Å². The molecule has 0 bridgehead atoms. The second kappa shape index (κ2) is 8.29. The summed E-state index contributed by atoms with van der Waals surface area (Å²) >= 11 is 0. The van der Waals surface area contributed by atoms with E-state index in [1.54, 1.807) is 0 Å². The van der Waals surface area contributed by atoms with Crippen molar-refractivity contribution < 1.29 is 9.90 Å². The number of Topliss-reactive ketones (excluding diaryl/α,β-unsaturated/α-hetero) is 1. The molecular weight excluding hydrogens is 342 g/mol. The average molecular weight is 365 g/mol. The first-order valence-corrected chi connectivity index (χ1v) is 8.29. The van der Waals surface area contributed by atoms with Crippen molar-refractivity contribution in [1.29, 1.82) is 10.8 Å². The van der Waals surface area contributed by atoms with Crippen LogP contribution in [0.4, 0.5) is 0 Å². The number of aliphatic hydroxyl groups is 1. The molecule has 0 aliphatic heterocycles. The molecular formula is C20H23N5O2. The Morgan fingerprint density at radius 3 is 2.00 bits per heavy atom. The number of hydrogen-bond donors (Lipinski definition) is 6. The number of H-pyrrole nitrogens is 1. The first-order valence-electron chi connectivity index (χ1n) is 8.29. The fourth-order valence-corrected chi connectivity index (χ4v) is 2.28. The van der Waals surface area contributed by atoms with Gasteiger partial charge in [-0.1, -0.05) is 36.4 Å². The molecule has 7 nitrogen and oxygen atoms in total. The van der Waals surface area contributed by atoms with Crippen LogP contribution in [-0.2, 0) is 4.79 Å². The average Bonchev–Trinajstić information content (AvgIpc) is 3.05. The number of benzene rings is 2. The monoisotopic (exact) mass is 365 g/mol. The van der Waals surface area contributed by atoms with Gasteiger partial charge in [-0.3, -0.25) is 15.6 Å². The van der Waals surface area contributed by atoms with Crippen LogP contribution in [0, 0.1) is 10.8 Å². The molecule has 1 heterocycles. The molecule has 0 aliphatic carbocycles. The molecule has 0 saturated heterocycles. The van der Waals surface area contributed by atoms with E-state index in [9.17, 15) is 4.79 Å². The number of nitrogens with two attached hydrogens (primary N) is 2. The predicted molar refractivity (Wildman–Crippen MR) is 108 cm³/mol. The van der Waals surface area contributed by atoms with E-state index >= 15 is 0 Å². The molecule has 7 heteroatoms. The zero-order valence-corrected chi connectivity index (χ0v) is 15.2. The van der Waals surface area contributed by atoms with E-state index in [4.69, 9.17) is 27.4 Å². The number of nitrogens with one attached hydrogen (secondary N) is 3. The van der Waals surface area contributed by atoms with Crippen LogP contribution in [0.3, 0.4) is 0 Å². The van der Waals surface area contributed by atoms with Gasteiger partial charge in [0.1, 0.15) is 17.8 Å². The molecule has 0 aliphatic rings. The van der Waals surface area contributed by atoms with E-state index in [1.165, 1.54) is 13.8 Å². The van der Waals surface area contributed by atoms with Crippen molar-refractivity contribution >= 4 is 28.4 Å². The van der Waals surface area contributed by atoms with E-state index in [-0.39, 0.29) is 17.5 Å². The summed E-state index contributed by atoms with van der Waals surface area (Å²) in [6.07, 6.45) is -0.787. The lowest BCUT2D eigenvalue weighted by atomic mass is 10.1. The highest BCUT2D eigenvalue weighted by molar-refractivity contribution is 5.99. The Kier molecular flexibility index (Phi) is 6.10. The van der Waals surface area contributed by atoms with Crippen molar-refractivity contribution in [2.75, 3.05) is 0 Å². The molecule has 1 atom stereocenters. The number of aromatic amines is 1. The van der Waals surface area contributed by atoms with Crippen molar-refractivity contribution in [3.8, 4) is 11.3 Å². The van der Waals surface area contributed by atoms with Gasteiger partial charge in [0.15, 0.2) is 5.78 Å². The number of aliphatic hydroxyl groups excluding tert-OH is 1. The summed E-state index contributed by atoms with van der Waals surface area (Å²) in [7, 11) is 0. The van der Waals surface area contributed by atoms with Gasteiger partial charge in [0.25, 0.3) is 0 Å². The van der Waals surface area contributed by atoms with Gasteiger partial charge in [0.05, 0.1) is 0 Å². The summed E-state index contributed by atoms with van der Waals surface area (Å²) in [6, 6.07) is 15.2. The maximum atomic E-state index is 9.89. The minimum Gasteiger partial charge on any atom is -0.386 e. The van der Waals surface area contributed by atoms with E-state index in [1.807, 2.05) is 48.5 Å². The van der Waals surface area contributed by atoms with Crippen LogP contribution < -0.4 is 11.5 Å². The summed E-state index contributed by atoms with van der Waals surface area (Å²) in [6.45, 7) is 2.80. The quantitative estimate of drug-likeness (QED) is 0.310. The Labute approximate surface area is 157 Å². The lowest BCUT2D eigenvalue weighted by molar-refractivity contribution is -0.124. The van der Waals surface area contributed by atoms with Gasteiger partial charge in [0, 0.05) is 27.7 Å². The van der Waals surface area contributed by atoms with Gasteiger partial charge < -0.3 is 21.6 Å². The highest BCUT2D eigenvalue weighted by Gasteiger charge is 2.06. The second-order valence-corrected chi connectivity index (χ2v) is 6.18. The highest BCUT2D eigenvalue weighted by Crippen LogP contribution is 2.25. The molecule has 2 aromatic carbocycles. The fraction of sp³-hybridized carbons (Fsp3) is 0.150. The van der Waals surface area contributed by atoms with Gasteiger partial charge in [-0.2, -0.15) is 0 Å². The zero-order valence-electron chi connectivity index (χ0n) is 15.2. The Balaban J connectivity index is 0.000000380. The summed E-state index contributed by atoms with van der Waals surface area (Å²) in [5, 5.41) is 24.2. The van der Waals surface area contributed by atoms with Crippen molar-refractivity contribution in [3.05, 3.63) is 59.7 Å². The number of hydrogen-bond acceptors (Lipinski definition) is 4. The van der Waals surface area contributed by atoms with E-state index in [2.05, 4.69) is 4.98 Å². The van der Waals surface area contributed by atoms with Crippen molar-refractivity contribution in [3.63, 3.8) is 0 Å². The summed E-state index contributed by atoms with van der Waals surface area (Å²) in [5.74, 6) is -0.0712. The standard InChI is InChI=1S/C16H15N5.C4H8O2/c17-15(18)10-3-1-9(2-4-10)13-7-11-5-6-12(16(19)20)8-14(11)21-13;1-3(5)4(2)6/h1-8,21H,(H3,17,18)(H3,19,20);3,5H,1-2H3. The van der Waals surface area contributed by atoms with Gasteiger partial charge in [-0.15, -0.1) is 0 Å². The molecule has 1 aromatic heterocycles. The maximum Gasteiger partial charge on any atom is 0.157 e. The predicted octanol–water partition coefficient (Wildman–Crippen LogP) is 2.36. The van der Waals surface area contributed by atoms with Crippen molar-refractivity contribution in [2.45, 2.75) is 20.0 Å². The lowest BCUT2D eigenvalue weighted by Gasteiger charge is -2.01.